The lowest BCUT2D eigenvalue weighted by atomic mass is 10.6. The summed E-state index contributed by atoms with van der Waals surface area (Å²) in [5.74, 6) is 0. The van der Waals surface area contributed by atoms with Crippen molar-refractivity contribution < 1.29 is 17.6 Å². The zero-order valence-corrected chi connectivity index (χ0v) is 7.95. The summed E-state index contributed by atoms with van der Waals surface area (Å²) in [7, 11) is -1.10. The summed E-state index contributed by atoms with van der Waals surface area (Å²) >= 11 is 0. The van der Waals surface area contributed by atoms with Gasteiger partial charge in [-0.05, 0) is 13.8 Å². The van der Waals surface area contributed by atoms with Crippen LogP contribution in [0.3, 0.4) is 0 Å². The lowest BCUT2D eigenvalue weighted by molar-refractivity contribution is -0.153. The zero-order valence-electron chi connectivity index (χ0n) is 6.53. The average molecular weight is 184 g/mol. The van der Waals surface area contributed by atoms with Crippen LogP contribution < -0.4 is 0 Å². The Labute approximate surface area is 66.2 Å². The molecule has 5 heteroatoms. The number of hydrogen-bond donors (Lipinski definition) is 0. The van der Waals surface area contributed by atoms with Gasteiger partial charge < -0.3 is 4.43 Å². The molecule has 0 aliphatic carbocycles. The second-order valence-corrected chi connectivity index (χ2v) is 4.06. The highest BCUT2D eigenvalue weighted by molar-refractivity contribution is 6.37. The summed E-state index contributed by atoms with van der Waals surface area (Å²) in [4.78, 5) is 0. The van der Waals surface area contributed by atoms with Gasteiger partial charge in [0.2, 0.25) is 0 Å². The highest BCUT2D eigenvalue weighted by Crippen LogP contribution is 2.14. The fourth-order valence-corrected chi connectivity index (χ4v) is 1.23. The first kappa shape index (κ1) is 10.7. The van der Waals surface area contributed by atoms with Crippen LogP contribution in [0.2, 0.25) is 0 Å². The Bertz CT molecular complexity index is 141. The van der Waals surface area contributed by atoms with Crippen LogP contribution in [0.1, 0.15) is 13.8 Å². The number of rotatable bonds is 3. The van der Waals surface area contributed by atoms with Gasteiger partial charge in [-0.3, -0.25) is 0 Å². The summed E-state index contributed by atoms with van der Waals surface area (Å²) in [6, 6.07) is 0. The standard InChI is InChI=1S/C6H11F3OSi/c1-3-5(2)11-10-4-6(7,8)9/h3H,4,11H2,1-2H3. The SMILES string of the molecule is CC=C(C)[SiH2]OCC(F)(F)F. The number of halogens is 3. The molecule has 0 aromatic heterocycles. The van der Waals surface area contributed by atoms with E-state index >= 15 is 0 Å². The van der Waals surface area contributed by atoms with Gasteiger partial charge in [-0.2, -0.15) is 13.2 Å². The van der Waals surface area contributed by atoms with E-state index in [1.54, 1.807) is 19.9 Å². The average Bonchev–Trinajstić information content (AvgIpc) is 1.85. The molecule has 0 amide bonds. The highest BCUT2D eigenvalue weighted by atomic mass is 28.2. The van der Waals surface area contributed by atoms with Crippen LogP contribution in [0.15, 0.2) is 11.3 Å². The molecule has 1 nitrogen and oxygen atoms in total. The van der Waals surface area contributed by atoms with Gasteiger partial charge in [0, 0.05) is 0 Å². The molecule has 0 heterocycles. The van der Waals surface area contributed by atoms with E-state index in [1.807, 2.05) is 0 Å². The minimum absolute atomic E-state index is 0.939. The molecule has 0 aliphatic rings. The van der Waals surface area contributed by atoms with Crippen LogP contribution in [-0.4, -0.2) is 22.5 Å². The molecule has 0 bridgehead atoms. The summed E-state index contributed by atoms with van der Waals surface area (Å²) in [6.07, 6.45) is -2.40. The van der Waals surface area contributed by atoms with Crippen LogP contribution in [0, 0.1) is 0 Å². The summed E-state index contributed by atoms with van der Waals surface area (Å²) in [5.41, 5.74) is 0. The van der Waals surface area contributed by atoms with E-state index in [0.29, 0.717) is 0 Å². The van der Waals surface area contributed by atoms with Crippen molar-refractivity contribution in [1.82, 2.24) is 0 Å². The highest BCUT2D eigenvalue weighted by Gasteiger charge is 2.26. The van der Waals surface area contributed by atoms with E-state index in [-0.39, 0.29) is 0 Å². The fraction of sp³-hybridized carbons (Fsp3) is 0.667. The number of hydrogen-bond acceptors (Lipinski definition) is 1. The van der Waals surface area contributed by atoms with Gasteiger partial charge in [-0.25, -0.2) is 0 Å². The molecular weight excluding hydrogens is 173 g/mol. The predicted molar refractivity (Wildman–Crippen MR) is 40.0 cm³/mol. The van der Waals surface area contributed by atoms with Crippen LogP contribution in [0.4, 0.5) is 13.2 Å². The van der Waals surface area contributed by atoms with Gasteiger partial charge in [0.05, 0.1) is 0 Å². The Balaban J connectivity index is 3.43. The molecule has 0 unspecified atom stereocenters. The van der Waals surface area contributed by atoms with Crippen molar-refractivity contribution in [3.63, 3.8) is 0 Å². The molecule has 0 aliphatic heterocycles. The molecule has 0 N–H and O–H groups in total. The Morgan fingerprint density at radius 1 is 1.55 bits per heavy atom. The molecule has 0 rings (SSSR count). The number of alkyl halides is 3. The maximum absolute atomic E-state index is 11.5. The smallest absolute Gasteiger partial charge is 0.410 e. The van der Waals surface area contributed by atoms with Crippen molar-refractivity contribution in [2.24, 2.45) is 0 Å². The van der Waals surface area contributed by atoms with Gasteiger partial charge in [-0.15, -0.1) is 0 Å². The van der Waals surface area contributed by atoms with Crippen LogP contribution in [0.5, 0.6) is 0 Å². The Morgan fingerprint density at radius 3 is 2.45 bits per heavy atom. The Hall–Kier alpha value is -0.293. The van der Waals surface area contributed by atoms with E-state index in [9.17, 15) is 13.2 Å². The summed E-state index contributed by atoms with van der Waals surface area (Å²) in [5, 5.41) is 0.939. The summed E-state index contributed by atoms with van der Waals surface area (Å²) < 4.78 is 39.0. The molecule has 0 aromatic carbocycles. The van der Waals surface area contributed by atoms with Crippen molar-refractivity contribution >= 4 is 9.76 Å². The van der Waals surface area contributed by atoms with E-state index in [0.717, 1.165) is 5.20 Å². The molecule has 0 spiro atoms. The van der Waals surface area contributed by atoms with Crippen molar-refractivity contribution in [3.05, 3.63) is 11.3 Å². The fourth-order valence-electron chi connectivity index (χ4n) is 0.411. The molecular formula is C6H11F3OSi. The molecule has 0 aromatic rings. The minimum atomic E-state index is -4.18. The zero-order chi connectivity index (χ0) is 8.91. The topological polar surface area (TPSA) is 9.23 Å². The quantitative estimate of drug-likeness (QED) is 0.605. The van der Waals surface area contributed by atoms with Gasteiger partial charge in [0.25, 0.3) is 0 Å². The Morgan fingerprint density at radius 2 is 2.09 bits per heavy atom. The minimum Gasteiger partial charge on any atom is -0.410 e. The molecule has 0 saturated carbocycles. The van der Waals surface area contributed by atoms with E-state index in [2.05, 4.69) is 4.43 Å². The van der Waals surface area contributed by atoms with E-state index in [1.165, 1.54) is 0 Å². The second-order valence-electron chi connectivity index (χ2n) is 2.24. The molecule has 0 fully saturated rings. The van der Waals surface area contributed by atoms with Gasteiger partial charge in [-0.1, -0.05) is 11.3 Å². The third-order valence-corrected chi connectivity index (χ3v) is 2.36. The van der Waals surface area contributed by atoms with Crippen LogP contribution >= 0.6 is 0 Å². The van der Waals surface area contributed by atoms with Crippen molar-refractivity contribution in [2.45, 2.75) is 20.0 Å². The summed E-state index contributed by atoms with van der Waals surface area (Å²) in [6.45, 7) is 2.46. The van der Waals surface area contributed by atoms with Gasteiger partial charge in [0.1, 0.15) is 6.61 Å². The van der Waals surface area contributed by atoms with Crippen LogP contribution in [-0.2, 0) is 4.43 Å². The molecule has 11 heavy (non-hydrogen) atoms. The lowest BCUT2D eigenvalue weighted by Gasteiger charge is -2.06. The molecule has 0 radical (unpaired) electrons. The molecule has 66 valence electrons. The normalized spacial score (nSPS) is 14.8. The molecule has 0 saturated heterocycles. The third kappa shape index (κ3) is 7.61. The largest absolute Gasteiger partial charge is 0.410 e. The third-order valence-electron chi connectivity index (χ3n) is 1.09. The van der Waals surface area contributed by atoms with Gasteiger partial charge >= 0.3 is 6.18 Å². The predicted octanol–water partition coefficient (Wildman–Crippen LogP) is 1.57. The first-order valence-electron chi connectivity index (χ1n) is 3.22. The maximum Gasteiger partial charge on any atom is 0.410 e. The van der Waals surface area contributed by atoms with Crippen molar-refractivity contribution in [2.75, 3.05) is 6.61 Å². The van der Waals surface area contributed by atoms with E-state index < -0.39 is 22.5 Å². The van der Waals surface area contributed by atoms with Gasteiger partial charge in [0.15, 0.2) is 9.76 Å². The first-order valence-corrected chi connectivity index (χ1v) is 4.50. The molecule has 0 atom stereocenters. The van der Waals surface area contributed by atoms with E-state index in [4.69, 9.17) is 0 Å². The maximum atomic E-state index is 11.5. The Kier molecular flexibility index (Phi) is 4.44. The van der Waals surface area contributed by atoms with Crippen LogP contribution in [0.25, 0.3) is 0 Å². The lowest BCUT2D eigenvalue weighted by Crippen LogP contribution is -2.19. The number of allylic oxidation sites excluding steroid dienone is 2. The van der Waals surface area contributed by atoms with Crippen molar-refractivity contribution in [3.8, 4) is 0 Å². The monoisotopic (exact) mass is 184 g/mol. The van der Waals surface area contributed by atoms with Crippen molar-refractivity contribution in [1.29, 1.82) is 0 Å². The first-order chi connectivity index (χ1) is 4.95. The second kappa shape index (κ2) is 4.56.